The van der Waals surface area contributed by atoms with E-state index in [2.05, 4.69) is 5.32 Å². The van der Waals surface area contributed by atoms with Gasteiger partial charge in [-0.2, -0.15) is 0 Å². The monoisotopic (exact) mass is 540 g/mol. The van der Waals surface area contributed by atoms with Gasteiger partial charge in [-0.15, -0.1) is 0 Å². The van der Waals surface area contributed by atoms with Crippen molar-refractivity contribution in [3.05, 3.63) is 95.4 Å². The van der Waals surface area contributed by atoms with E-state index in [-0.39, 0.29) is 29.4 Å². The zero-order valence-corrected chi connectivity index (χ0v) is 22.3. The van der Waals surface area contributed by atoms with E-state index in [1.807, 2.05) is 48.5 Å². The first-order valence-electron chi connectivity index (χ1n) is 14.0. The molecule has 0 aliphatic heterocycles. The predicted molar refractivity (Wildman–Crippen MR) is 152 cm³/mol. The van der Waals surface area contributed by atoms with Crippen LogP contribution in [0.25, 0.3) is 10.8 Å². The molecule has 2 aliphatic rings. The van der Waals surface area contributed by atoms with Crippen LogP contribution in [0.3, 0.4) is 0 Å². The number of fused-ring (bicyclic) bond motifs is 1. The van der Waals surface area contributed by atoms with Gasteiger partial charge in [-0.25, -0.2) is 4.39 Å². The number of benzene rings is 3. The van der Waals surface area contributed by atoms with Crippen LogP contribution in [0.2, 0.25) is 0 Å². The Bertz CT molecular complexity index is 1570. The molecule has 2 fully saturated rings. The summed E-state index contributed by atoms with van der Waals surface area (Å²) in [6.07, 6.45) is 7.68. The van der Waals surface area contributed by atoms with Crippen LogP contribution < -0.4 is 5.32 Å². The van der Waals surface area contributed by atoms with Crippen LogP contribution in [0, 0.1) is 17.2 Å². The molecule has 206 valence electrons. The number of rotatable bonds is 9. The largest absolute Gasteiger partial charge is 0.494 e. The van der Waals surface area contributed by atoms with E-state index in [9.17, 15) is 24.2 Å². The number of aromatic nitrogens is 1. The highest BCUT2D eigenvalue weighted by Crippen LogP contribution is 2.48. The summed E-state index contributed by atoms with van der Waals surface area (Å²) >= 11 is 0. The molecule has 1 aromatic heterocycles. The number of hydrogen-bond donors (Lipinski definition) is 3. The molecule has 6 rings (SSSR count). The van der Waals surface area contributed by atoms with E-state index < -0.39 is 11.4 Å². The number of carbonyl (C=O) groups excluding carboxylic acids is 1. The number of anilines is 1. The van der Waals surface area contributed by atoms with Crippen molar-refractivity contribution in [2.45, 2.75) is 57.4 Å². The minimum absolute atomic E-state index is 0.0278. The standard InChI is InChI=1S/C33H33FN2O4/c34-28-10-4-9-26-27(28)20-36(31(26)38)19-21-11-13-24(14-12-21)29(23-6-1-2-7-23)30(37)35-25-8-3-5-22(17-25)18-33(15-16-33)32(39)40/h3-5,8-14,17,20,23,29,38H,1-2,6-7,15-16,18-19H2,(H,35,37)(H,39,40). The minimum atomic E-state index is -0.751. The maximum atomic E-state index is 14.2. The number of halogens is 1. The topological polar surface area (TPSA) is 91.6 Å². The van der Waals surface area contributed by atoms with E-state index in [0.717, 1.165) is 42.4 Å². The number of carbonyl (C=O) groups is 2. The van der Waals surface area contributed by atoms with Gasteiger partial charge in [0.2, 0.25) is 5.91 Å². The highest BCUT2D eigenvalue weighted by molar-refractivity contribution is 5.96. The molecule has 0 spiro atoms. The molecule has 3 aromatic carbocycles. The fourth-order valence-electron chi connectivity index (χ4n) is 6.30. The smallest absolute Gasteiger partial charge is 0.309 e. The molecule has 6 nitrogen and oxygen atoms in total. The maximum absolute atomic E-state index is 14.2. The van der Waals surface area contributed by atoms with Crippen LogP contribution in [0.4, 0.5) is 10.1 Å². The first-order valence-corrected chi connectivity index (χ1v) is 14.0. The van der Waals surface area contributed by atoms with Gasteiger partial charge in [0.1, 0.15) is 5.82 Å². The van der Waals surface area contributed by atoms with E-state index >= 15 is 0 Å². The van der Waals surface area contributed by atoms with Gasteiger partial charge in [-0.3, -0.25) is 9.59 Å². The average Bonchev–Trinajstić information content (AvgIpc) is 3.39. The zero-order chi connectivity index (χ0) is 27.9. The van der Waals surface area contributed by atoms with Gasteiger partial charge in [0, 0.05) is 22.7 Å². The summed E-state index contributed by atoms with van der Waals surface area (Å²) in [5, 5.41) is 24.1. The number of aromatic hydroxyl groups is 1. The van der Waals surface area contributed by atoms with Crippen LogP contribution in [0.5, 0.6) is 5.88 Å². The summed E-state index contributed by atoms with van der Waals surface area (Å²) in [6, 6.07) is 20.1. The van der Waals surface area contributed by atoms with E-state index in [1.54, 1.807) is 22.9 Å². The van der Waals surface area contributed by atoms with E-state index in [1.165, 1.54) is 6.07 Å². The Kier molecular flexibility index (Phi) is 6.82. The van der Waals surface area contributed by atoms with Gasteiger partial charge in [-0.05, 0) is 79.0 Å². The van der Waals surface area contributed by atoms with Gasteiger partial charge in [0.15, 0.2) is 5.88 Å². The third-order valence-corrected chi connectivity index (χ3v) is 8.74. The van der Waals surface area contributed by atoms with Crippen molar-refractivity contribution in [2.24, 2.45) is 11.3 Å². The predicted octanol–water partition coefficient (Wildman–Crippen LogP) is 6.85. The quantitative estimate of drug-likeness (QED) is 0.216. The fourth-order valence-corrected chi connectivity index (χ4v) is 6.30. The maximum Gasteiger partial charge on any atom is 0.309 e. The molecule has 1 atom stereocenters. The summed E-state index contributed by atoms with van der Waals surface area (Å²) < 4.78 is 15.8. The Hall–Kier alpha value is -4.13. The lowest BCUT2D eigenvalue weighted by Gasteiger charge is -2.24. The Morgan fingerprint density at radius 2 is 1.70 bits per heavy atom. The Morgan fingerprint density at radius 3 is 2.38 bits per heavy atom. The second-order valence-electron chi connectivity index (χ2n) is 11.5. The Morgan fingerprint density at radius 1 is 0.975 bits per heavy atom. The number of amides is 1. The van der Waals surface area contributed by atoms with Gasteiger partial charge in [-0.1, -0.05) is 55.3 Å². The molecule has 7 heteroatoms. The van der Waals surface area contributed by atoms with Gasteiger partial charge in [0.25, 0.3) is 0 Å². The van der Waals surface area contributed by atoms with Gasteiger partial charge in [0.05, 0.1) is 17.9 Å². The Balaban J connectivity index is 1.20. The fraction of sp³-hybridized carbons (Fsp3) is 0.333. The minimum Gasteiger partial charge on any atom is -0.494 e. The molecular weight excluding hydrogens is 507 g/mol. The van der Waals surface area contributed by atoms with Crippen molar-refractivity contribution >= 4 is 28.3 Å². The summed E-state index contributed by atoms with van der Waals surface area (Å²) in [4.78, 5) is 25.3. The number of nitrogens with zero attached hydrogens (tertiary/aromatic N) is 1. The van der Waals surface area contributed by atoms with E-state index in [0.29, 0.717) is 42.3 Å². The number of hydrogen-bond acceptors (Lipinski definition) is 3. The molecule has 2 saturated carbocycles. The second-order valence-corrected chi connectivity index (χ2v) is 11.5. The zero-order valence-electron chi connectivity index (χ0n) is 22.3. The van der Waals surface area contributed by atoms with Crippen molar-refractivity contribution in [3.8, 4) is 5.88 Å². The van der Waals surface area contributed by atoms with Crippen LogP contribution in [0.1, 0.15) is 61.1 Å². The van der Waals surface area contributed by atoms with Crippen molar-refractivity contribution in [1.29, 1.82) is 0 Å². The van der Waals surface area contributed by atoms with Crippen LogP contribution in [-0.4, -0.2) is 26.7 Å². The van der Waals surface area contributed by atoms with Crippen molar-refractivity contribution in [1.82, 2.24) is 4.57 Å². The molecule has 1 heterocycles. The van der Waals surface area contributed by atoms with Crippen LogP contribution in [-0.2, 0) is 22.6 Å². The molecule has 0 radical (unpaired) electrons. The molecule has 0 saturated heterocycles. The number of aliphatic carboxylic acids is 1. The number of nitrogens with one attached hydrogen (secondary N) is 1. The normalized spacial score (nSPS) is 17.1. The number of carboxylic acids is 1. The molecule has 2 aliphatic carbocycles. The molecule has 0 bridgehead atoms. The summed E-state index contributed by atoms with van der Waals surface area (Å²) in [5.41, 5.74) is 2.83. The molecule has 40 heavy (non-hydrogen) atoms. The second kappa shape index (κ2) is 10.5. The molecule has 1 amide bonds. The SMILES string of the molecule is O=C(Nc1cccc(CC2(C(=O)O)CC2)c1)C(c1ccc(Cn2cc3c(F)cccc3c2O)cc1)C1CCCC1. The van der Waals surface area contributed by atoms with Crippen molar-refractivity contribution in [3.63, 3.8) is 0 Å². The first-order chi connectivity index (χ1) is 19.3. The van der Waals surface area contributed by atoms with Gasteiger partial charge < -0.3 is 20.1 Å². The molecular formula is C33H33FN2O4. The lowest BCUT2D eigenvalue weighted by molar-refractivity contribution is -0.143. The van der Waals surface area contributed by atoms with Crippen molar-refractivity contribution < 1.29 is 24.2 Å². The molecule has 4 aromatic rings. The highest BCUT2D eigenvalue weighted by Gasteiger charge is 2.50. The Labute approximate surface area is 232 Å². The van der Waals surface area contributed by atoms with Crippen LogP contribution in [0.15, 0.2) is 72.9 Å². The number of carboxylic acid groups (broad SMARTS) is 1. The summed E-state index contributed by atoms with van der Waals surface area (Å²) in [5.74, 6) is -1.20. The average molecular weight is 541 g/mol. The van der Waals surface area contributed by atoms with Crippen LogP contribution >= 0.6 is 0 Å². The highest BCUT2D eigenvalue weighted by atomic mass is 19.1. The van der Waals surface area contributed by atoms with Gasteiger partial charge >= 0.3 is 5.97 Å². The first kappa shape index (κ1) is 26.1. The van der Waals surface area contributed by atoms with Crippen molar-refractivity contribution in [2.75, 3.05) is 5.32 Å². The summed E-state index contributed by atoms with van der Waals surface area (Å²) in [7, 11) is 0. The molecule has 3 N–H and O–H groups in total. The third-order valence-electron chi connectivity index (χ3n) is 8.74. The lowest BCUT2D eigenvalue weighted by Crippen LogP contribution is -2.26. The van der Waals surface area contributed by atoms with E-state index in [4.69, 9.17) is 0 Å². The lowest BCUT2D eigenvalue weighted by atomic mass is 9.83. The third kappa shape index (κ3) is 5.08. The molecule has 1 unspecified atom stereocenters. The summed E-state index contributed by atoms with van der Waals surface area (Å²) in [6.45, 7) is 0.380.